The van der Waals surface area contributed by atoms with Crippen molar-refractivity contribution < 1.29 is 4.79 Å². The highest BCUT2D eigenvalue weighted by molar-refractivity contribution is 6.10. The zero-order chi connectivity index (χ0) is 12.7. The molecule has 0 fully saturated rings. The van der Waals surface area contributed by atoms with Gasteiger partial charge in [0.25, 0.3) is 0 Å². The summed E-state index contributed by atoms with van der Waals surface area (Å²) in [5.41, 5.74) is 2.78. The van der Waals surface area contributed by atoms with E-state index in [9.17, 15) is 4.79 Å². The first-order valence-corrected chi connectivity index (χ1v) is 6.25. The van der Waals surface area contributed by atoms with Gasteiger partial charge in [0, 0.05) is 11.1 Å². The van der Waals surface area contributed by atoms with E-state index in [4.69, 9.17) is 0 Å². The number of allylic oxidation sites excluding steroid dienone is 4. The number of rotatable bonds is 2. The largest absolute Gasteiger partial charge is 0.289 e. The molecule has 1 aromatic carbocycles. The predicted octanol–water partition coefficient (Wildman–Crippen LogP) is 4.48. The minimum Gasteiger partial charge on any atom is -0.289 e. The highest BCUT2D eigenvalue weighted by Gasteiger charge is 2.10. The molecule has 1 heteroatoms. The topological polar surface area (TPSA) is 17.1 Å². The zero-order valence-electron chi connectivity index (χ0n) is 10.9. The second-order valence-electron chi connectivity index (χ2n) is 3.83. The lowest BCUT2D eigenvalue weighted by Crippen LogP contribution is -2.03. The molecule has 1 aromatic rings. The van der Waals surface area contributed by atoms with E-state index in [1.54, 1.807) is 0 Å². The molecule has 0 atom stereocenters. The van der Waals surface area contributed by atoms with Crippen molar-refractivity contribution >= 4 is 5.78 Å². The monoisotopic (exact) mass is 228 g/mol. The summed E-state index contributed by atoms with van der Waals surface area (Å²) in [7, 11) is 0. The van der Waals surface area contributed by atoms with Gasteiger partial charge in [0.2, 0.25) is 0 Å². The van der Waals surface area contributed by atoms with Crippen molar-refractivity contribution in [1.29, 1.82) is 0 Å². The maximum absolute atomic E-state index is 12.0. The second kappa shape index (κ2) is 6.85. The van der Waals surface area contributed by atoms with E-state index >= 15 is 0 Å². The number of hydrogen-bond donors (Lipinski definition) is 0. The Bertz CT molecular complexity index is 421. The molecule has 0 unspecified atom stereocenters. The zero-order valence-corrected chi connectivity index (χ0v) is 10.9. The van der Waals surface area contributed by atoms with Crippen molar-refractivity contribution in [2.45, 2.75) is 33.6 Å². The molecule has 0 bridgehead atoms. The van der Waals surface area contributed by atoms with Gasteiger partial charge in [-0.1, -0.05) is 61.9 Å². The van der Waals surface area contributed by atoms with Gasteiger partial charge < -0.3 is 0 Å². The normalized spacial score (nSPS) is 13.5. The third-order valence-electron chi connectivity index (χ3n) is 2.57. The van der Waals surface area contributed by atoms with Crippen LogP contribution in [0.2, 0.25) is 0 Å². The van der Waals surface area contributed by atoms with Crippen molar-refractivity contribution in [2.24, 2.45) is 0 Å². The number of ketones is 1. The average molecular weight is 228 g/mol. The fourth-order valence-electron chi connectivity index (χ4n) is 1.65. The Kier molecular flexibility index (Phi) is 5.41. The average Bonchev–Trinajstić information content (AvgIpc) is 2.42. The molecular weight excluding hydrogens is 208 g/mol. The first kappa shape index (κ1) is 13.4. The van der Waals surface area contributed by atoms with Crippen LogP contribution in [0.25, 0.3) is 0 Å². The minimum atomic E-state index is 0.131. The van der Waals surface area contributed by atoms with E-state index in [0.29, 0.717) is 0 Å². The van der Waals surface area contributed by atoms with Crippen LogP contribution in [0.15, 0.2) is 48.1 Å². The molecule has 0 saturated heterocycles. The standard InChI is InChI=1S/C14H14O.C2H6/c1-11-7-9-13(10-8-11)14(15)12-5-3-2-4-6-12;1-2/h3,5-10H,2,4H2,1H3;1-2H3. The van der Waals surface area contributed by atoms with Gasteiger partial charge in [0.05, 0.1) is 0 Å². The van der Waals surface area contributed by atoms with Crippen molar-refractivity contribution in [3.63, 3.8) is 0 Å². The number of benzene rings is 1. The molecule has 0 radical (unpaired) electrons. The lowest BCUT2D eigenvalue weighted by Gasteiger charge is -2.06. The number of aryl methyl sites for hydroxylation is 1. The summed E-state index contributed by atoms with van der Waals surface area (Å²) < 4.78 is 0. The van der Waals surface area contributed by atoms with Gasteiger partial charge in [-0.25, -0.2) is 0 Å². The van der Waals surface area contributed by atoms with Crippen LogP contribution >= 0.6 is 0 Å². The molecule has 0 aliphatic heterocycles. The summed E-state index contributed by atoms with van der Waals surface area (Å²) in [6.45, 7) is 6.02. The molecule has 0 aromatic heterocycles. The molecule has 0 N–H and O–H groups in total. The van der Waals surface area contributed by atoms with E-state index in [0.717, 1.165) is 24.0 Å². The second-order valence-corrected chi connectivity index (χ2v) is 3.83. The number of carbonyl (C=O) groups is 1. The lowest BCUT2D eigenvalue weighted by atomic mass is 9.98. The Labute approximate surface area is 104 Å². The highest BCUT2D eigenvalue weighted by atomic mass is 16.1. The van der Waals surface area contributed by atoms with Crippen LogP contribution in [0.5, 0.6) is 0 Å². The first-order valence-electron chi connectivity index (χ1n) is 6.25. The molecule has 0 heterocycles. The molecule has 1 aliphatic carbocycles. The molecule has 90 valence electrons. The van der Waals surface area contributed by atoms with Crippen LogP contribution in [-0.4, -0.2) is 5.78 Å². The molecule has 0 spiro atoms. The van der Waals surface area contributed by atoms with E-state index < -0.39 is 0 Å². The summed E-state index contributed by atoms with van der Waals surface area (Å²) in [5.74, 6) is 0.131. The molecule has 2 rings (SSSR count). The number of Topliss-reactive ketones (excluding diaryl/α,β-unsaturated/α-hetero) is 1. The number of hydrogen-bond acceptors (Lipinski definition) is 1. The van der Waals surface area contributed by atoms with E-state index in [1.807, 2.05) is 57.2 Å². The highest BCUT2D eigenvalue weighted by Crippen LogP contribution is 2.15. The third kappa shape index (κ3) is 3.70. The maximum Gasteiger partial charge on any atom is 0.192 e. The Morgan fingerprint density at radius 3 is 2.24 bits per heavy atom. The van der Waals surface area contributed by atoms with E-state index in [-0.39, 0.29) is 5.78 Å². The third-order valence-corrected chi connectivity index (χ3v) is 2.57. The molecule has 1 nitrogen and oxygen atoms in total. The van der Waals surface area contributed by atoms with Crippen LogP contribution in [0.3, 0.4) is 0 Å². The Hall–Kier alpha value is -1.63. The van der Waals surface area contributed by atoms with Crippen LogP contribution in [-0.2, 0) is 0 Å². The molecule has 0 saturated carbocycles. The van der Waals surface area contributed by atoms with Crippen molar-refractivity contribution in [3.8, 4) is 0 Å². The molecule has 0 amide bonds. The predicted molar refractivity (Wildman–Crippen MR) is 73.3 cm³/mol. The smallest absolute Gasteiger partial charge is 0.192 e. The molecule has 1 aliphatic rings. The number of carbonyl (C=O) groups excluding carboxylic acids is 1. The van der Waals surface area contributed by atoms with Crippen LogP contribution < -0.4 is 0 Å². The van der Waals surface area contributed by atoms with E-state index in [1.165, 1.54) is 5.56 Å². The van der Waals surface area contributed by atoms with E-state index in [2.05, 4.69) is 6.08 Å². The summed E-state index contributed by atoms with van der Waals surface area (Å²) in [4.78, 5) is 12.0. The van der Waals surface area contributed by atoms with Gasteiger partial charge in [0.15, 0.2) is 5.78 Å². The van der Waals surface area contributed by atoms with Crippen molar-refractivity contribution in [1.82, 2.24) is 0 Å². The quantitative estimate of drug-likeness (QED) is 0.682. The SMILES string of the molecule is CC.Cc1ccc(C(=O)C2=CCCC=C2)cc1. The first-order chi connectivity index (χ1) is 8.27. The van der Waals surface area contributed by atoms with Gasteiger partial charge in [-0.05, 0) is 19.8 Å². The van der Waals surface area contributed by atoms with Gasteiger partial charge in [-0.3, -0.25) is 4.79 Å². The molecule has 17 heavy (non-hydrogen) atoms. The van der Waals surface area contributed by atoms with Gasteiger partial charge in [0.1, 0.15) is 0 Å². The lowest BCUT2D eigenvalue weighted by molar-refractivity contribution is 0.103. The fourth-order valence-corrected chi connectivity index (χ4v) is 1.65. The Morgan fingerprint density at radius 2 is 1.71 bits per heavy atom. The summed E-state index contributed by atoms with van der Waals surface area (Å²) in [5, 5.41) is 0. The Morgan fingerprint density at radius 1 is 1.06 bits per heavy atom. The van der Waals surface area contributed by atoms with Crippen LogP contribution in [0.4, 0.5) is 0 Å². The Balaban J connectivity index is 0.000000686. The summed E-state index contributed by atoms with van der Waals surface area (Å²) in [6, 6.07) is 7.72. The summed E-state index contributed by atoms with van der Waals surface area (Å²) in [6.07, 6.45) is 8.02. The molecular formula is C16H20O. The van der Waals surface area contributed by atoms with Crippen molar-refractivity contribution in [2.75, 3.05) is 0 Å². The fraction of sp³-hybridized carbons (Fsp3) is 0.312. The van der Waals surface area contributed by atoms with Crippen LogP contribution in [0.1, 0.15) is 42.6 Å². The maximum atomic E-state index is 12.0. The van der Waals surface area contributed by atoms with Gasteiger partial charge in [-0.15, -0.1) is 0 Å². The van der Waals surface area contributed by atoms with Crippen molar-refractivity contribution in [3.05, 3.63) is 59.2 Å². The van der Waals surface area contributed by atoms with Gasteiger partial charge in [-0.2, -0.15) is 0 Å². The summed E-state index contributed by atoms with van der Waals surface area (Å²) >= 11 is 0. The van der Waals surface area contributed by atoms with Gasteiger partial charge >= 0.3 is 0 Å². The van der Waals surface area contributed by atoms with Crippen LogP contribution in [0, 0.1) is 6.92 Å². The minimum absolute atomic E-state index is 0.131.